The van der Waals surface area contributed by atoms with Crippen LogP contribution in [0.5, 0.6) is 0 Å². The van der Waals surface area contributed by atoms with Crippen LogP contribution in [-0.2, 0) is 14.3 Å². The molecule has 0 saturated carbocycles. The number of carbonyl (C=O) groups excluding carboxylic acids is 2. The Morgan fingerprint density at radius 1 is 1.35 bits per heavy atom. The van der Waals surface area contributed by atoms with E-state index in [1.165, 1.54) is 7.11 Å². The number of amides is 1. The average molecular weight is 241 g/mol. The first-order chi connectivity index (χ1) is 7.79. The van der Waals surface area contributed by atoms with Crippen molar-refractivity contribution < 1.29 is 19.1 Å². The van der Waals surface area contributed by atoms with E-state index in [-0.39, 0.29) is 0 Å². The molecule has 0 heterocycles. The molecule has 1 atom stereocenters. The highest BCUT2D eigenvalue weighted by Crippen LogP contribution is 2.24. The second kappa shape index (κ2) is 4.77. The molecule has 0 spiro atoms. The van der Waals surface area contributed by atoms with Gasteiger partial charge in [0.05, 0.1) is 7.11 Å². The first-order valence-corrected chi connectivity index (χ1v) is 5.56. The molecule has 1 unspecified atom stereocenters. The van der Waals surface area contributed by atoms with Crippen molar-refractivity contribution >= 4 is 12.1 Å². The highest BCUT2D eigenvalue weighted by molar-refractivity contribution is 5.88. The zero-order chi connectivity index (χ0) is 13.1. The zero-order valence-corrected chi connectivity index (χ0v) is 10.7. The zero-order valence-electron chi connectivity index (χ0n) is 10.7. The Balaban J connectivity index is 2.72. The summed E-state index contributed by atoms with van der Waals surface area (Å²) in [6.45, 7) is 5.30. The minimum absolute atomic E-state index is 0.475. The summed E-state index contributed by atoms with van der Waals surface area (Å²) in [6, 6.07) is 0. The van der Waals surface area contributed by atoms with E-state index in [0.29, 0.717) is 6.42 Å². The molecule has 0 aromatic heterocycles. The van der Waals surface area contributed by atoms with Crippen LogP contribution in [0, 0.1) is 0 Å². The van der Waals surface area contributed by atoms with Gasteiger partial charge >= 0.3 is 12.1 Å². The molecule has 96 valence electrons. The molecule has 1 N–H and O–H groups in total. The van der Waals surface area contributed by atoms with Crippen LogP contribution in [0.15, 0.2) is 12.2 Å². The Labute approximate surface area is 101 Å². The number of allylic oxidation sites excluding steroid dienone is 1. The topological polar surface area (TPSA) is 64.6 Å². The van der Waals surface area contributed by atoms with Crippen molar-refractivity contribution in [1.82, 2.24) is 5.32 Å². The molecule has 0 bridgehead atoms. The molecule has 1 rings (SSSR count). The number of hydrogen-bond acceptors (Lipinski definition) is 4. The summed E-state index contributed by atoms with van der Waals surface area (Å²) in [6.07, 6.45) is 4.11. The molecule has 0 aromatic rings. The Bertz CT molecular complexity index is 343. The van der Waals surface area contributed by atoms with E-state index >= 15 is 0 Å². The normalized spacial score (nSPS) is 23.3. The van der Waals surface area contributed by atoms with E-state index in [0.717, 1.165) is 6.42 Å². The number of ether oxygens (including phenoxy) is 2. The first kappa shape index (κ1) is 13.5. The number of alkyl carbamates (subject to hydrolysis) is 1. The van der Waals surface area contributed by atoms with Gasteiger partial charge < -0.3 is 14.8 Å². The van der Waals surface area contributed by atoms with Crippen LogP contribution in [0.25, 0.3) is 0 Å². The van der Waals surface area contributed by atoms with E-state index in [4.69, 9.17) is 9.47 Å². The van der Waals surface area contributed by atoms with Crippen molar-refractivity contribution in [2.45, 2.75) is 44.8 Å². The molecule has 5 nitrogen and oxygen atoms in total. The standard InChI is InChI=1S/C12H19NO4/c1-11(2,3)17-10(15)13-12(9(14)16-4)7-5-6-8-12/h5,7H,6,8H2,1-4H3,(H,13,15). The van der Waals surface area contributed by atoms with Gasteiger partial charge in [-0.25, -0.2) is 9.59 Å². The fraction of sp³-hybridized carbons (Fsp3) is 0.667. The van der Waals surface area contributed by atoms with Crippen molar-refractivity contribution in [2.75, 3.05) is 7.11 Å². The summed E-state index contributed by atoms with van der Waals surface area (Å²) in [4.78, 5) is 23.4. The number of hydrogen-bond donors (Lipinski definition) is 1. The highest BCUT2D eigenvalue weighted by Gasteiger charge is 2.41. The monoisotopic (exact) mass is 241 g/mol. The predicted molar refractivity (Wildman–Crippen MR) is 62.5 cm³/mol. The third-order valence-electron chi connectivity index (χ3n) is 2.38. The molecular weight excluding hydrogens is 222 g/mol. The second-order valence-corrected chi connectivity index (χ2v) is 5.03. The Morgan fingerprint density at radius 3 is 2.41 bits per heavy atom. The summed E-state index contributed by atoms with van der Waals surface area (Å²) < 4.78 is 9.84. The van der Waals surface area contributed by atoms with Crippen LogP contribution in [0.4, 0.5) is 4.79 Å². The van der Waals surface area contributed by atoms with Gasteiger partial charge in [-0.3, -0.25) is 0 Å². The van der Waals surface area contributed by atoms with Gasteiger partial charge in [-0.15, -0.1) is 0 Å². The van der Waals surface area contributed by atoms with Crippen LogP contribution in [0.2, 0.25) is 0 Å². The van der Waals surface area contributed by atoms with Gasteiger partial charge in [0.25, 0.3) is 0 Å². The van der Waals surface area contributed by atoms with Gasteiger partial charge in [-0.2, -0.15) is 0 Å². The lowest BCUT2D eigenvalue weighted by molar-refractivity contribution is -0.146. The lowest BCUT2D eigenvalue weighted by atomic mass is 10.00. The molecule has 0 fully saturated rings. The smallest absolute Gasteiger partial charge is 0.408 e. The van der Waals surface area contributed by atoms with Gasteiger partial charge in [0, 0.05) is 0 Å². The third-order valence-corrected chi connectivity index (χ3v) is 2.38. The van der Waals surface area contributed by atoms with Crippen molar-refractivity contribution in [3.63, 3.8) is 0 Å². The van der Waals surface area contributed by atoms with Gasteiger partial charge in [0.1, 0.15) is 5.60 Å². The van der Waals surface area contributed by atoms with Crippen LogP contribution < -0.4 is 5.32 Å². The molecule has 5 heteroatoms. The summed E-state index contributed by atoms with van der Waals surface area (Å²) in [5.74, 6) is -0.475. The van der Waals surface area contributed by atoms with Gasteiger partial charge in [-0.1, -0.05) is 12.2 Å². The largest absolute Gasteiger partial charge is 0.467 e. The fourth-order valence-corrected chi connectivity index (χ4v) is 1.67. The Kier molecular flexibility index (Phi) is 3.80. The van der Waals surface area contributed by atoms with Crippen molar-refractivity contribution in [3.05, 3.63) is 12.2 Å². The molecule has 1 aliphatic rings. The molecule has 0 radical (unpaired) electrons. The summed E-state index contributed by atoms with van der Waals surface area (Å²) in [7, 11) is 1.30. The SMILES string of the molecule is COC(=O)C1(NC(=O)OC(C)(C)C)C=CCC1. The maximum Gasteiger partial charge on any atom is 0.408 e. The number of esters is 1. The van der Waals surface area contributed by atoms with E-state index in [1.807, 2.05) is 6.08 Å². The Morgan fingerprint density at radius 2 is 2.00 bits per heavy atom. The lowest BCUT2D eigenvalue weighted by Crippen LogP contribution is -2.53. The fourth-order valence-electron chi connectivity index (χ4n) is 1.67. The van der Waals surface area contributed by atoms with Crippen LogP contribution in [-0.4, -0.2) is 30.3 Å². The number of nitrogens with one attached hydrogen (secondary N) is 1. The van der Waals surface area contributed by atoms with Crippen molar-refractivity contribution in [1.29, 1.82) is 0 Å². The first-order valence-electron chi connectivity index (χ1n) is 5.56. The van der Waals surface area contributed by atoms with E-state index in [9.17, 15) is 9.59 Å². The molecule has 0 aromatic carbocycles. The quantitative estimate of drug-likeness (QED) is 0.591. The van der Waals surface area contributed by atoms with Gasteiger partial charge in [-0.05, 0) is 33.6 Å². The molecular formula is C12H19NO4. The van der Waals surface area contributed by atoms with Gasteiger partial charge in [0.15, 0.2) is 5.54 Å². The maximum absolute atomic E-state index is 11.7. The van der Waals surface area contributed by atoms with Crippen LogP contribution in [0.1, 0.15) is 33.6 Å². The van der Waals surface area contributed by atoms with Gasteiger partial charge in [0.2, 0.25) is 0 Å². The molecule has 17 heavy (non-hydrogen) atoms. The van der Waals surface area contributed by atoms with Crippen molar-refractivity contribution in [3.8, 4) is 0 Å². The minimum atomic E-state index is -1.07. The molecule has 1 amide bonds. The molecule has 0 aliphatic heterocycles. The summed E-state index contributed by atoms with van der Waals surface area (Å²) in [5.41, 5.74) is -1.67. The maximum atomic E-state index is 11.7. The Hall–Kier alpha value is -1.52. The average Bonchev–Trinajstić information content (AvgIpc) is 2.63. The molecule has 0 saturated heterocycles. The van der Waals surface area contributed by atoms with Crippen LogP contribution in [0.3, 0.4) is 0 Å². The number of carbonyl (C=O) groups is 2. The summed E-state index contributed by atoms with van der Waals surface area (Å²) >= 11 is 0. The summed E-state index contributed by atoms with van der Waals surface area (Å²) in [5, 5.41) is 2.58. The highest BCUT2D eigenvalue weighted by atomic mass is 16.6. The van der Waals surface area contributed by atoms with Crippen LogP contribution >= 0.6 is 0 Å². The number of methoxy groups -OCH3 is 1. The third kappa shape index (κ3) is 3.47. The molecule has 1 aliphatic carbocycles. The van der Waals surface area contributed by atoms with E-state index in [1.54, 1.807) is 26.8 Å². The predicted octanol–water partition coefficient (Wildman–Crippen LogP) is 1.77. The van der Waals surface area contributed by atoms with Crippen molar-refractivity contribution in [2.24, 2.45) is 0 Å². The second-order valence-electron chi connectivity index (χ2n) is 5.03. The van der Waals surface area contributed by atoms with E-state index < -0.39 is 23.2 Å². The number of rotatable bonds is 2. The van der Waals surface area contributed by atoms with E-state index in [2.05, 4.69) is 5.32 Å². The minimum Gasteiger partial charge on any atom is -0.467 e. The lowest BCUT2D eigenvalue weighted by Gasteiger charge is -2.28.